The van der Waals surface area contributed by atoms with Gasteiger partial charge in [0.15, 0.2) is 17.7 Å². The minimum absolute atomic E-state index is 0.260. The molecule has 3 rings (SSSR count). The Morgan fingerprint density at radius 3 is 2.78 bits per heavy atom. The number of fused-ring (bicyclic) bond motifs is 1. The van der Waals surface area contributed by atoms with Crippen molar-refractivity contribution in [2.75, 3.05) is 0 Å². The highest BCUT2D eigenvalue weighted by atomic mass is 15.4. The van der Waals surface area contributed by atoms with Crippen molar-refractivity contribution >= 4 is 24.3 Å². The molecule has 0 radical (unpaired) electrons. The molecule has 2 N–H and O–H groups in total. The first kappa shape index (κ1) is 10.8. The topological polar surface area (TPSA) is 78.7 Å². The maximum Gasteiger partial charge on any atom is 0.170 e. The Labute approximate surface area is 104 Å². The SMILES string of the molecule is NN(Cc1ccccc1)C1=NC=NC2=NC=NC21. The summed E-state index contributed by atoms with van der Waals surface area (Å²) in [6, 6.07) is 9.71. The molecule has 0 saturated carbocycles. The number of benzene rings is 1. The van der Waals surface area contributed by atoms with Crippen molar-refractivity contribution in [3.63, 3.8) is 0 Å². The molecule has 1 unspecified atom stereocenters. The van der Waals surface area contributed by atoms with Crippen molar-refractivity contribution in [1.82, 2.24) is 5.01 Å². The second-order valence-electron chi connectivity index (χ2n) is 4.00. The predicted molar refractivity (Wildman–Crippen MR) is 71.8 cm³/mol. The molecule has 0 bridgehead atoms. The van der Waals surface area contributed by atoms with Crippen LogP contribution in [-0.2, 0) is 6.54 Å². The second kappa shape index (κ2) is 4.50. The van der Waals surface area contributed by atoms with Gasteiger partial charge in [-0.3, -0.25) is 10.0 Å². The van der Waals surface area contributed by atoms with Gasteiger partial charge in [-0.1, -0.05) is 30.3 Å². The van der Waals surface area contributed by atoms with Gasteiger partial charge in [0.1, 0.15) is 12.7 Å². The fourth-order valence-corrected chi connectivity index (χ4v) is 1.89. The van der Waals surface area contributed by atoms with Crippen LogP contribution in [0.5, 0.6) is 0 Å². The van der Waals surface area contributed by atoms with E-state index in [1.54, 1.807) is 5.01 Å². The molecule has 1 aromatic rings. The predicted octanol–water partition coefficient (Wildman–Crippen LogP) is 0.612. The van der Waals surface area contributed by atoms with Gasteiger partial charge in [-0.05, 0) is 5.56 Å². The van der Waals surface area contributed by atoms with Crippen molar-refractivity contribution < 1.29 is 0 Å². The molecule has 90 valence electrons. The first-order valence-corrected chi connectivity index (χ1v) is 5.60. The largest absolute Gasteiger partial charge is 0.292 e. The molecule has 2 aliphatic rings. The Morgan fingerprint density at radius 1 is 1.11 bits per heavy atom. The van der Waals surface area contributed by atoms with E-state index in [1.807, 2.05) is 30.3 Å². The molecule has 0 saturated heterocycles. The fourth-order valence-electron chi connectivity index (χ4n) is 1.89. The molecule has 2 aliphatic heterocycles. The van der Waals surface area contributed by atoms with Crippen molar-refractivity contribution in [2.45, 2.75) is 12.6 Å². The van der Waals surface area contributed by atoms with Crippen LogP contribution in [0, 0.1) is 0 Å². The van der Waals surface area contributed by atoms with Crippen LogP contribution in [0.25, 0.3) is 0 Å². The molecule has 0 aromatic heterocycles. The molecular formula is C12H12N6. The lowest BCUT2D eigenvalue weighted by atomic mass is 10.2. The van der Waals surface area contributed by atoms with Crippen molar-refractivity contribution in [2.24, 2.45) is 25.8 Å². The van der Waals surface area contributed by atoms with Gasteiger partial charge in [-0.15, -0.1) is 0 Å². The highest BCUT2D eigenvalue weighted by Crippen LogP contribution is 2.12. The van der Waals surface area contributed by atoms with Crippen LogP contribution in [0.1, 0.15) is 5.56 Å². The van der Waals surface area contributed by atoms with Crippen LogP contribution in [0.3, 0.4) is 0 Å². The smallest absolute Gasteiger partial charge is 0.170 e. The summed E-state index contributed by atoms with van der Waals surface area (Å²) < 4.78 is 0. The van der Waals surface area contributed by atoms with E-state index in [0.717, 1.165) is 5.56 Å². The molecule has 6 nitrogen and oxygen atoms in total. The number of rotatable bonds is 2. The Morgan fingerprint density at radius 2 is 1.94 bits per heavy atom. The van der Waals surface area contributed by atoms with E-state index in [1.165, 1.54) is 12.7 Å². The van der Waals surface area contributed by atoms with Crippen molar-refractivity contribution in [3.8, 4) is 0 Å². The molecule has 1 aromatic carbocycles. The van der Waals surface area contributed by atoms with Gasteiger partial charge in [-0.2, -0.15) is 0 Å². The average molecular weight is 240 g/mol. The summed E-state index contributed by atoms with van der Waals surface area (Å²) in [5, 5.41) is 1.59. The number of hydrogen-bond donors (Lipinski definition) is 1. The molecule has 18 heavy (non-hydrogen) atoms. The average Bonchev–Trinajstić information content (AvgIpc) is 2.87. The number of amidine groups is 2. The highest BCUT2D eigenvalue weighted by molar-refractivity contribution is 6.19. The number of aliphatic imine (C=N–C) groups is 4. The van der Waals surface area contributed by atoms with E-state index in [0.29, 0.717) is 18.2 Å². The summed E-state index contributed by atoms with van der Waals surface area (Å²) in [7, 11) is 0. The van der Waals surface area contributed by atoms with Gasteiger partial charge in [-0.25, -0.2) is 20.8 Å². The molecule has 0 spiro atoms. The minimum atomic E-state index is -0.260. The number of hydrazine groups is 1. The van der Waals surface area contributed by atoms with Gasteiger partial charge in [0.25, 0.3) is 0 Å². The van der Waals surface area contributed by atoms with Crippen LogP contribution < -0.4 is 5.84 Å². The van der Waals surface area contributed by atoms with Gasteiger partial charge >= 0.3 is 0 Å². The number of nitrogens with zero attached hydrogens (tertiary/aromatic N) is 5. The maximum absolute atomic E-state index is 6.05. The van der Waals surface area contributed by atoms with E-state index >= 15 is 0 Å². The second-order valence-corrected chi connectivity index (χ2v) is 4.00. The zero-order chi connectivity index (χ0) is 12.4. The monoisotopic (exact) mass is 240 g/mol. The van der Waals surface area contributed by atoms with Crippen LogP contribution in [0.2, 0.25) is 0 Å². The third kappa shape index (κ3) is 1.93. The molecule has 6 heteroatoms. The van der Waals surface area contributed by atoms with E-state index < -0.39 is 0 Å². The van der Waals surface area contributed by atoms with Crippen LogP contribution in [0.4, 0.5) is 0 Å². The van der Waals surface area contributed by atoms with Gasteiger partial charge in [0.05, 0.1) is 6.54 Å². The quantitative estimate of drug-likeness (QED) is 0.607. The summed E-state index contributed by atoms with van der Waals surface area (Å²) in [6.07, 6.45) is 2.96. The first-order chi connectivity index (χ1) is 8.84. The molecule has 1 atom stereocenters. The highest BCUT2D eigenvalue weighted by Gasteiger charge is 2.29. The zero-order valence-electron chi connectivity index (χ0n) is 9.64. The van der Waals surface area contributed by atoms with Crippen LogP contribution in [-0.4, -0.2) is 35.4 Å². The van der Waals surface area contributed by atoms with Crippen LogP contribution in [0.15, 0.2) is 50.3 Å². The minimum Gasteiger partial charge on any atom is -0.292 e. The lowest BCUT2D eigenvalue weighted by Gasteiger charge is -2.24. The maximum atomic E-state index is 6.05. The number of nitrogens with two attached hydrogens (primary N) is 1. The molecule has 0 fully saturated rings. The molecular weight excluding hydrogens is 228 g/mol. The van der Waals surface area contributed by atoms with Gasteiger partial charge < -0.3 is 0 Å². The molecule has 0 aliphatic carbocycles. The van der Waals surface area contributed by atoms with Crippen molar-refractivity contribution in [1.29, 1.82) is 0 Å². The first-order valence-electron chi connectivity index (χ1n) is 5.60. The standard InChI is InChI=1S/C12H12N6/c13-18(6-9-4-2-1-3-5-9)12-10-11(15-7-14-10)16-8-17-12/h1-5,7-8,10H,6,13H2. The summed E-state index contributed by atoms with van der Waals surface area (Å²) in [4.78, 5) is 16.5. The van der Waals surface area contributed by atoms with E-state index in [-0.39, 0.29) is 6.04 Å². The Hall–Kier alpha value is -2.34. The normalized spacial score (nSPS) is 20.4. The molecule has 0 amide bonds. The Bertz CT molecular complexity index is 557. The third-order valence-electron chi connectivity index (χ3n) is 2.76. The Kier molecular flexibility index (Phi) is 2.70. The van der Waals surface area contributed by atoms with Gasteiger partial charge in [0.2, 0.25) is 0 Å². The lowest BCUT2D eigenvalue weighted by Crippen LogP contribution is -2.46. The molecule has 2 heterocycles. The zero-order valence-corrected chi connectivity index (χ0v) is 9.64. The summed E-state index contributed by atoms with van der Waals surface area (Å²) in [6.45, 7) is 0.576. The summed E-state index contributed by atoms with van der Waals surface area (Å²) in [5.41, 5.74) is 1.12. The van der Waals surface area contributed by atoms with Crippen LogP contribution >= 0.6 is 0 Å². The van der Waals surface area contributed by atoms with E-state index in [4.69, 9.17) is 5.84 Å². The van der Waals surface area contributed by atoms with Crippen molar-refractivity contribution in [3.05, 3.63) is 35.9 Å². The fraction of sp³-hybridized carbons (Fsp3) is 0.167. The number of hydrogen-bond acceptors (Lipinski definition) is 6. The summed E-state index contributed by atoms with van der Waals surface area (Å²) in [5.74, 6) is 7.36. The third-order valence-corrected chi connectivity index (χ3v) is 2.76. The summed E-state index contributed by atoms with van der Waals surface area (Å²) >= 11 is 0. The van der Waals surface area contributed by atoms with Gasteiger partial charge in [0, 0.05) is 0 Å². The van der Waals surface area contributed by atoms with E-state index in [2.05, 4.69) is 20.0 Å². The lowest BCUT2D eigenvalue weighted by molar-refractivity contribution is 0.425. The van der Waals surface area contributed by atoms with E-state index in [9.17, 15) is 0 Å². The Balaban J connectivity index is 1.79.